The van der Waals surface area contributed by atoms with E-state index in [1.54, 1.807) is 0 Å². The van der Waals surface area contributed by atoms with Gasteiger partial charge in [0.25, 0.3) is 0 Å². The normalized spacial score (nSPS) is 3.00. The van der Waals surface area contributed by atoms with Crippen LogP contribution in [0.2, 0.25) is 0 Å². The average molecular weight is 1200 g/mol. The van der Waals surface area contributed by atoms with Gasteiger partial charge < -0.3 is 0 Å². The Morgan fingerprint density at radius 1 is 0.0250 bits per heavy atom. The summed E-state index contributed by atoms with van der Waals surface area (Å²) >= 11 is 0. The van der Waals surface area contributed by atoms with Crippen LogP contribution in [0, 0.1) is 0 Å². The van der Waals surface area contributed by atoms with Crippen molar-refractivity contribution in [1.82, 2.24) is 0 Å². The highest BCUT2D eigenvalue weighted by molar-refractivity contribution is 3.58. The second kappa shape index (κ2) is 0. The third-order valence-corrected chi connectivity index (χ3v) is 0. The summed E-state index contributed by atoms with van der Waals surface area (Å²) in [6.07, 6.45) is 0. The summed E-state index contributed by atoms with van der Waals surface area (Å²) < 4.78 is 0. The lowest BCUT2D eigenvalue weighted by Gasteiger charge is -1.07. The zero-order valence-corrected chi connectivity index (χ0v) is 80.0. The molecule has 0 saturated heterocycles. The highest BCUT2D eigenvalue weighted by Crippen LogP contribution is 1.22. The number of rotatable bonds is 0. The van der Waals surface area contributed by atoms with Crippen LogP contribution in [0.3, 0.4) is 0 Å². The highest BCUT2D eigenvalue weighted by atomic mass is 13.1. The SMILES string of the molecule is CC.CC.CC.CC.CC.CC.CC.CC.CC.CC.CC.CC.CC.CC.CC.CC.CC.CC.CC.CC.CC.CC.CC.CC.CC.CC.CC.CC.CC.CC.CC.CC.CC.CC.CC.CC.CC.CC.CC.CC. The fourth-order valence-corrected chi connectivity index (χ4v) is 0. The second-order valence-corrected chi connectivity index (χ2v) is 0. The molecule has 0 spiro atoms. The molecular formula is C80H240. The van der Waals surface area contributed by atoms with Crippen LogP contribution in [-0.2, 0) is 0 Å². The minimum absolute atomic E-state index is 2.00. The lowest BCUT2D eigenvalue weighted by Crippen LogP contribution is -0.856. The van der Waals surface area contributed by atoms with Gasteiger partial charge >= 0.3 is 0 Å². The average Bonchev–Trinajstić information content (AvgIpc) is 3.71. The predicted octanol–water partition coefficient (Wildman–Crippen LogP) is 41.0. The van der Waals surface area contributed by atoms with Crippen molar-refractivity contribution >= 4 is 0 Å². The molecule has 0 aromatic rings. The molecule has 0 aliphatic carbocycles. The minimum Gasteiger partial charge on any atom is -0.0683 e. The molecule has 0 rings (SSSR count). The summed E-state index contributed by atoms with van der Waals surface area (Å²) in [7, 11) is 0. The molecule has 80 heavy (non-hydrogen) atoms. The fraction of sp³-hybridized carbons (Fsp3) is 1.00. The molecule has 0 fully saturated rings. The number of hydrogen-bond donors (Lipinski definition) is 0. The lowest BCUT2D eigenvalue weighted by molar-refractivity contribution is 1.50. The maximum atomic E-state index is 2.00. The topological polar surface area (TPSA) is 0 Å². The molecule has 0 atom stereocenters. The van der Waals surface area contributed by atoms with Gasteiger partial charge in [-0.05, 0) is 0 Å². The van der Waals surface area contributed by atoms with Crippen LogP contribution >= 0.6 is 0 Å². The van der Waals surface area contributed by atoms with Crippen LogP contribution < -0.4 is 0 Å². The molecule has 0 N–H and O–H groups in total. The summed E-state index contributed by atoms with van der Waals surface area (Å²) in [4.78, 5) is 0. The summed E-state index contributed by atoms with van der Waals surface area (Å²) in [5, 5.41) is 0. The Morgan fingerprint density at radius 3 is 0.0250 bits per heavy atom. The Hall–Kier alpha value is 0. The first kappa shape index (κ1) is 312. The molecule has 0 aliphatic rings. The van der Waals surface area contributed by atoms with E-state index < -0.39 is 0 Å². The molecule has 0 unspecified atom stereocenters. The Kier molecular flexibility index (Phi) is 0. The molecule has 0 aromatic carbocycles. The van der Waals surface area contributed by atoms with Gasteiger partial charge in [-0.15, -0.1) is 0 Å². The molecular weight excluding hydrogens is 961 g/mol. The number of hydrogen-bond acceptors (Lipinski definition) is 0. The van der Waals surface area contributed by atoms with E-state index in [0.717, 1.165) is 0 Å². The first-order chi connectivity index (χ1) is 40.0. The van der Waals surface area contributed by atoms with Crippen molar-refractivity contribution in [2.24, 2.45) is 0 Å². The molecule has 0 heterocycles. The molecule has 0 heteroatoms. The Labute approximate surface area is 551 Å². The third kappa shape index (κ3) is 0. The van der Waals surface area contributed by atoms with Crippen molar-refractivity contribution in [3.63, 3.8) is 0 Å². The van der Waals surface area contributed by atoms with Gasteiger partial charge in [0.2, 0.25) is 0 Å². The molecule has 0 radical (unpaired) electrons. The molecule has 0 nitrogen and oxygen atoms in total. The van der Waals surface area contributed by atoms with Crippen LogP contribution in [0.5, 0.6) is 0 Å². The van der Waals surface area contributed by atoms with Crippen molar-refractivity contribution in [2.75, 3.05) is 0 Å². The van der Waals surface area contributed by atoms with Crippen LogP contribution in [0.1, 0.15) is 554 Å². The van der Waals surface area contributed by atoms with Gasteiger partial charge in [0.1, 0.15) is 0 Å². The highest BCUT2D eigenvalue weighted by Gasteiger charge is 1.01. The minimum atomic E-state index is 2.00. The van der Waals surface area contributed by atoms with Gasteiger partial charge in [0.15, 0.2) is 0 Å². The van der Waals surface area contributed by atoms with Crippen LogP contribution in [0.15, 0.2) is 0 Å². The Balaban J connectivity index is -0.00000000540. The van der Waals surface area contributed by atoms with Gasteiger partial charge in [-0.25, -0.2) is 0 Å². The van der Waals surface area contributed by atoms with E-state index in [4.69, 9.17) is 0 Å². The Bertz CT molecular complexity index is 0. The zero-order valence-electron chi connectivity index (χ0n) is 80.0. The molecule has 0 aliphatic heterocycles. The van der Waals surface area contributed by atoms with E-state index in [1.165, 1.54) is 0 Å². The van der Waals surface area contributed by atoms with E-state index in [1.807, 2.05) is 554 Å². The van der Waals surface area contributed by atoms with Crippen molar-refractivity contribution in [1.29, 1.82) is 0 Å². The van der Waals surface area contributed by atoms with Crippen LogP contribution in [-0.4, -0.2) is 0 Å². The van der Waals surface area contributed by atoms with Crippen LogP contribution in [0.25, 0.3) is 0 Å². The van der Waals surface area contributed by atoms with Crippen molar-refractivity contribution in [2.45, 2.75) is 554 Å². The van der Waals surface area contributed by atoms with Crippen molar-refractivity contribution in [3.05, 3.63) is 0 Å². The van der Waals surface area contributed by atoms with E-state index in [-0.39, 0.29) is 0 Å². The quantitative estimate of drug-likeness (QED) is 0.227. The van der Waals surface area contributed by atoms with Crippen molar-refractivity contribution < 1.29 is 0 Å². The maximum Gasteiger partial charge on any atom is -0.0683 e. The monoisotopic (exact) mass is 1200 g/mol. The van der Waals surface area contributed by atoms with Crippen LogP contribution in [0.4, 0.5) is 0 Å². The van der Waals surface area contributed by atoms with E-state index in [9.17, 15) is 0 Å². The van der Waals surface area contributed by atoms with E-state index >= 15 is 0 Å². The van der Waals surface area contributed by atoms with Gasteiger partial charge in [0, 0.05) is 0 Å². The summed E-state index contributed by atoms with van der Waals surface area (Å²) in [5.41, 5.74) is 0. The van der Waals surface area contributed by atoms with Gasteiger partial charge in [-0.2, -0.15) is 0 Å². The molecule has 0 saturated carbocycles. The fourth-order valence-electron chi connectivity index (χ4n) is 0. The summed E-state index contributed by atoms with van der Waals surface area (Å²) in [5.74, 6) is 0. The lowest BCUT2D eigenvalue weighted by atomic mass is 11.0. The van der Waals surface area contributed by atoms with Gasteiger partial charge in [0.05, 0.1) is 0 Å². The molecule has 0 amide bonds. The summed E-state index contributed by atoms with van der Waals surface area (Å²) in [6, 6.07) is 0. The van der Waals surface area contributed by atoms with Gasteiger partial charge in [-0.1, -0.05) is 554 Å². The van der Waals surface area contributed by atoms with E-state index in [2.05, 4.69) is 0 Å². The first-order valence-corrected chi connectivity index (χ1v) is 40.0. The largest absolute Gasteiger partial charge is 0.0683 e. The predicted molar refractivity (Wildman–Crippen MR) is 454 cm³/mol. The first-order valence-electron chi connectivity index (χ1n) is 40.0. The van der Waals surface area contributed by atoms with E-state index in [0.29, 0.717) is 0 Å². The second-order valence-electron chi connectivity index (χ2n) is 0. The van der Waals surface area contributed by atoms with Crippen molar-refractivity contribution in [3.8, 4) is 0 Å². The third-order valence-electron chi connectivity index (χ3n) is 0. The zero-order chi connectivity index (χ0) is 80.0. The standard InChI is InChI=1S/40C2H6/c40*1-2/h40*1-2H3. The molecule has 0 aromatic heterocycles. The summed E-state index contributed by atoms with van der Waals surface area (Å²) in [6.45, 7) is 160. The van der Waals surface area contributed by atoms with Gasteiger partial charge in [-0.3, -0.25) is 0 Å². The smallest absolute Gasteiger partial charge is 0.0683 e. The molecule has 560 valence electrons. The molecule has 0 bridgehead atoms. The Morgan fingerprint density at radius 2 is 0.0250 bits per heavy atom. The maximum absolute atomic E-state index is 2.00.